The fraction of sp³-hybridized carbons (Fsp3) is 0.300. The van der Waals surface area contributed by atoms with Crippen molar-refractivity contribution in [3.05, 3.63) is 34.9 Å². The Bertz CT molecular complexity index is 383. The van der Waals surface area contributed by atoms with Gasteiger partial charge in [-0.2, -0.15) is 13.2 Å². The van der Waals surface area contributed by atoms with Crippen molar-refractivity contribution in [2.24, 2.45) is 5.73 Å². The van der Waals surface area contributed by atoms with Crippen LogP contribution in [0.25, 0.3) is 0 Å². The van der Waals surface area contributed by atoms with E-state index < -0.39 is 11.7 Å². The highest BCUT2D eigenvalue weighted by molar-refractivity contribution is 5.79. The number of hydrogen-bond acceptors (Lipinski definition) is 1. The molecule has 15 heavy (non-hydrogen) atoms. The summed E-state index contributed by atoms with van der Waals surface area (Å²) in [7, 11) is 0. The van der Waals surface area contributed by atoms with E-state index in [4.69, 9.17) is 11.1 Å². The van der Waals surface area contributed by atoms with Gasteiger partial charge in [0.25, 0.3) is 0 Å². The number of alkyl halides is 3. The second-order valence-electron chi connectivity index (χ2n) is 3.35. The van der Waals surface area contributed by atoms with E-state index in [1.807, 2.05) is 0 Å². The number of halogens is 3. The molecule has 1 rings (SSSR count). The highest BCUT2D eigenvalue weighted by Crippen LogP contribution is 2.32. The monoisotopic (exact) mass is 216 g/mol. The van der Waals surface area contributed by atoms with Crippen molar-refractivity contribution >= 4 is 5.84 Å². The molecule has 0 heterocycles. The average Bonchev–Trinajstić information content (AvgIpc) is 2.05. The second kappa shape index (κ2) is 3.92. The maximum atomic E-state index is 12.5. The number of nitrogens with one attached hydrogen (secondary N) is 1. The van der Waals surface area contributed by atoms with Crippen molar-refractivity contribution in [3.63, 3.8) is 0 Å². The number of amidine groups is 1. The first-order chi connectivity index (χ1) is 6.80. The molecular weight excluding hydrogens is 205 g/mol. The minimum Gasteiger partial charge on any atom is -0.387 e. The van der Waals surface area contributed by atoms with Crippen molar-refractivity contribution in [3.8, 4) is 0 Å². The molecule has 0 aliphatic heterocycles. The van der Waals surface area contributed by atoms with Crippen LogP contribution in [0.1, 0.15) is 16.7 Å². The quantitative estimate of drug-likeness (QED) is 0.579. The van der Waals surface area contributed by atoms with Crippen molar-refractivity contribution in [2.75, 3.05) is 0 Å². The summed E-state index contributed by atoms with van der Waals surface area (Å²) in [5, 5.41) is 7.01. The number of aryl methyl sites for hydroxylation is 1. The Balaban J connectivity index is 3.11. The number of hydrogen-bond donors (Lipinski definition) is 2. The molecule has 0 saturated carbocycles. The smallest absolute Gasteiger partial charge is 0.387 e. The zero-order valence-corrected chi connectivity index (χ0v) is 8.15. The Hall–Kier alpha value is -1.52. The van der Waals surface area contributed by atoms with Crippen LogP contribution in [0, 0.1) is 12.3 Å². The summed E-state index contributed by atoms with van der Waals surface area (Å²) in [5.41, 5.74) is 5.04. The van der Waals surface area contributed by atoms with Crippen LogP contribution >= 0.6 is 0 Å². The third-order valence-corrected chi connectivity index (χ3v) is 2.00. The fourth-order valence-electron chi connectivity index (χ4n) is 1.30. The molecule has 0 aliphatic carbocycles. The van der Waals surface area contributed by atoms with Crippen LogP contribution in [0.4, 0.5) is 13.2 Å². The van der Waals surface area contributed by atoms with E-state index in [9.17, 15) is 13.2 Å². The molecular formula is C10H11F3N2. The molecule has 0 fully saturated rings. The first kappa shape index (κ1) is 11.6. The highest BCUT2D eigenvalue weighted by Gasteiger charge is 2.32. The molecule has 3 N–H and O–H groups in total. The number of nitrogens with two attached hydrogens (primary N) is 1. The van der Waals surface area contributed by atoms with Crippen LogP contribution in [0.3, 0.4) is 0 Å². The van der Waals surface area contributed by atoms with Gasteiger partial charge in [-0.25, -0.2) is 0 Å². The minimum absolute atomic E-state index is 0.0450. The summed E-state index contributed by atoms with van der Waals surface area (Å²) in [6.45, 7) is 1.40. The topological polar surface area (TPSA) is 49.9 Å². The lowest BCUT2D eigenvalue weighted by atomic mass is 10.0. The molecule has 0 radical (unpaired) electrons. The van der Waals surface area contributed by atoms with E-state index in [2.05, 4.69) is 0 Å². The lowest BCUT2D eigenvalue weighted by Gasteiger charge is -2.11. The van der Waals surface area contributed by atoms with Crippen LogP contribution < -0.4 is 5.73 Å². The molecule has 0 saturated heterocycles. The van der Waals surface area contributed by atoms with Gasteiger partial charge in [0, 0.05) is 6.42 Å². The molecule has 0 unspecified atom stereocenters. The van der Waals surface area contributed by atoms with E-state index in [1.54, 1.807) is 6.07 Å². The highest BCUT2D eigenvalue weighted by atomic mass is 19.4. The van der Waals surface area contributed by atoms with Crippen molar-refractivity contribution in [1.82, 2.24) is 0 Å². The molecule has 1 aromatic rings. The fourth-order valence-corrected chi connectivity index (χ4v) is 1.30. The lowest BCUT2D eigenvalue weighted by molar-refractivity contribution is -0.138. The normalized spacial score (nSPS) is 11.5. The van der Waals surface area contributed by atoms with Gasteiger partial charge >= 0.3 is 6.18 Å². The first-order valence-electron chi connectivity index (χ1n) is 4.30. The van der Waals surface area contributed by atoms with E-state index in [0.717, 1.165) is 6.07 Å². The van der Waals surface area contributed by atoms with Crippen LogP contribution in [0.5, 0.6) is 0 Å². The van der Waals surface area contributed by atoms with Crippen LogP contribution in [0.15, 0.2) is 18.2 Å². The Labute approximate surface area is 85.4 Å². The Morgan fingerprint density at radius 1 is 1.40 bits per heavy atom. The maximum Gasteiger partial charge on any atom is 0.416 e. The van der Waals surface area contributed by atoms with Gasteiger partial charge in [-0.15, -0.1) is 0 Å². The number of benzene rings is 1. The summed E-state index contributed by atoms with van der Waals surface area (Å²) < 4.78 is 37.4. The predicted octanol–water partition coefficient (Wildman–Crippen LogP) is 2.49. The zero-order chi connectivity index (χ0) is 11.6. The van der Waals surface area contributed by atoms with E-state index in [0.29, 0.717) is 5.56 Å². The molecule has 0 spiro atoms. The lowest BCUT2D eigenvalue weighted by Crippen LogP contribution is -2.14. The second-order valence-corrected chi connectivity index (χ2v) is 3.35. The van der Waals surface area contributed by atoms with Gasteiger partial charge in [0.05, 0.1) is 11.4 Å². The molecule has 0 amide bonds. The molecule has 0 bridgehead atoms. The van der Waals surface area contributed by atoms with Gasteiger partial charge < -0.3 is 5.73 Å². The molecule has 82 valence electrons. The van der Waals surface area contributed by atoms with Gasteiger partial charge in [0.2, 0.25) is 0 Å². The Morgan fingerprint density at radius 2 is 2.00 bits per heavy atom. The Morgan fingerprint density at radius 3 is 2.47 bits per heavy atom. The summed E-state index contributed by atoms with van der Waals surface area (Å²) in [6, 6.07) is 3.98. The van der Waals surface area contributed by atoms with Crippen LogP contribution in [-0.4, -0.2) is 5.84 Å². The van der Waals surface area contributed by atoms with E-state index in [1.165, 1.54) is 13.0 Å². The van der Waals surface area contributed by atoms with Crippen molar-refractivity contribution in [1.29, 1.82) is 5.41 Å². The molecule has 0 aromatic heterocycles. The molecule has 2 nitrogen and oxygen atoms in total. The van der Waals surface area contributed by atoms with Gasteiger partial charge in [0.15, 0.2) is 0 Å². The molecule has 0 aliphatic rings. The van der Waals surface area contributed by atoms with Crippen molar-refractivity contribution < 1.29 is 13.2 Å². The standard InChI is InChI=1S/C10H11F3N2/c1-6-2-3-7(5-9(14)15)4-8(6)10(11,12)13/h2-4H,5H2,1H3,(H3,14,15). The van der Waals surface area contributed by atoms with Gasteiger partial charge in [0.1, 0.15) is 0 Å². The largest absolute Gasteiger partial charge is 0.416 e. The predicted molar refractivity (Wildman–Crippen MR) is 51.8 cm³/mol. The summed E-state index contributed by atoms with van der Waals surface area (Å²) >= 11 is 0. The molecule has 0 atom stereocenters. The van der Waals surface area contributed by atoms with E-state index in [-0.39, 0.29) is 17.8 Å². The maximum absolute atomic E-state index is 12.5. The third kappa shape index (κ3) is 2.97. The molecule has 5 heteroatoms. The Kier molecular flexibility index (Phi) is 3.02. The summed E-state index contributed by atoms with van der Waals surface area (Å²) in [6.07, 6.45) is -4.31. The number of rotatable bonds is 2. The van der Waals surface area contributed by atoms with Crippen LogP contribution in [0.2, 0.25) is 0 Å². The summed E-state index contributed by atoms with van der Waals surface area (Å²) in [4.78, 5) is 0. The minimum atomic E-state index is -4.35. The summed E-state index contributed by atoms with van der Waals surface area (Å²) in [5.74, 6) is -0.146. The van der Waals surface area contributed by atoms with Gasteiger partial charge in [-0.05, 0) is 24.1 Å². The molecule has 1 aromatic carbocycles. The van der Waals surface area contributed by atoms with Crippen LogP contribution in [-0.2, 0) is 12.6 Å². The SMILES string of the molecule is Cc1ccc(CC(=N)N)cc1C(F)(F)F. The van der Waals surface area contributed by atoms with Gasteiger partial charge in [-0.1, -0.05) is 12.1 Å². The third-order valence-electron chi connectivity index (χ3n) is 2.00. The first-order valence-corrected chi connectivity index (χ1v) is 4.30. The van der Waals surface area contributed by atoms with Gasteiger partial charge in [-0.3, -0.25) is 5.41 Å². The van der Waals surface area contributed by atoms with E-state index >= 15 is 0 Å². The average molecular weight is 216 g/mol. The van der Waals surface area contributed by atoms with Crippen molar-refractivity contribution in [2.45, 2.75) is 19.5 Å². The zero-order valence-electron chi connectivity index (χ0n) is 8.15.